The molecule has 2 aromatic rings. The molecule has 2 amide bonds. The molecule has 1 heterocycles. The lowest BCUT2D eigenvalue weighted by molar-refractivity contribution is 0.130. The topological polar surface area (TPSA) is 55.8 Å². The van der Waals surface area contributed by atoms with Gasteiger partial charge in [-0.05, 0) is 24.0 Å². The van der Waals surface area contributed by atoms with Crippen molar-refractivity contribution in [2.45, 2.75) is 18.9 Å². The third kappa shape index (κ3) is 5.81. The van der Waals surface area contributed by atoms with E-state index in [1.165, 1.54) is 5.56 Å². The van der Waals surface area contributed by atoms with Gasteiger partial charge in [0, 0.05) is 39.3 Å². The predicted molar refractivity (Wildman–Crippen MR) is 108 cm³/mol. The van der Waals surface area contributed by atoms with Gasteiger partial charge in [-0.2, -0.15) is 0 Å². The number of hydrogen-bond donors (Lipinski definition) is 2. The number of rotatable bonds is 7. The molecule has 1 aliphatic heterocycles. The first kappa shape index (κ1) is 19.4. The summed E-state index contributed by atoms with van der Waals surface area (Å²) in [7, 11) is 0. The van der Waals surface area contributed by atoms with Crippen LogP contribution in [0.15, 0.2) is 60.7 Å². The zero-order valence-corrected chi connectivity index (χ0v) is 15.8. The van der Waals surface area contributed by atoms with Crippen molar-refractivity contribution in [3.05, 3.63) is 71.8 Å². The lowest BCUT2D eigenvalue weighted by Gasteiger charge is -2.35. The number of urea groups is 1. The van der Waals surface area contributed by atoms with Crippen molar-refractivity contribution in [3.8, 4) is 0 Å². The van der Waals surface area contributed by atoms with Crippen molar-refractivity contribution in [3.63, 3.8) is 0 Å². The molecule has 144 valence electrons. The maximum atomic E-state index is 12.8. The van der Waals surface area contributed by atoms with Gasteiger partial charge in [0.25, 0.3) is 0 Å². The Morgan fingerprint density at radius 3 is 2.22 bits per heavy atom. The molecule has 1 aliphatic rings. The van der Waals surface area contributed by atoms with E-state index in [9.17, 15) is 4.79 Å². The van der Waals surface area contributed by atoms with Crippen LogP contribution in [0, 0.1) is 0 Å². The minimum atomic E-state index is -0.0477. The Hall–Kier alpha value is -2.37. The van der Waals surface area contributed by atoms with E-state index in [-0.39, 0.29) is 18.7 Å². The number of aliphatic hydroxyl groups is 1. The first-order valence-corrected chi connectivity index (χ1v) is 9.74. The molecule has 27 heavy (non-hydrogen) atoms. The van der Waals surface area contributed by atoms with Crippen molar-refractivity contribution in [1.29, 1.82) is 0 Å². The van der Waals surface area contributed by atoms with Gasteiger partial charge in [0.1, 0.15) is 0 Å². The Bertz CT molecular complexity index is 685. The lowest BCUT2D eigenvalue weighted by Crippen LogP contribution is -2.52. The van der Waals surface area contributed by atoms with E-state index in [4.69, 9.17) is 5.11 Å². The molecule has 5 nitrogen and oxygen atoms in total. The summed E-state index contributed by atoms with van der Waals surface area (Å²) in [5, 5.41) is 12.2. The Morgan fingerprint density at radius 1 is 0.963 bits per heavy atom. The molecule has 1 saturated heterocycles. The van der Waals surface area contributed by atoms with Crippen molar-refractivity contribution in [1.82, 2.24) is 15.1 Å². The first-order valence-electron chi connectivity index (χ1n) is 9.74. The summed E-state index contributed by atoms with van der Waals surface area (Å²) in [5.74, 6) is 0. The number of carbonyl (C=O) groups excluding carboxylic acids is 1. The summed E-state index contributed by atoms with van der Waals surface area (Å²) in [6, 6.07) is 20.4. The van der Waals surface area contributed by atoms with Crippen LogP contribution in [0.4, 0.5) is 4.79 Å². The van der Waals surface area contributed by atoms with Gasteiger partial charge < -0.3 is 15.3 Å². The number of hydrogen-bond acceptors (Lipinski definition) is 3. The van der Waals surface area contributed by atoms with Gasteiger partial charge in [-0.1, -0.05) is 60.7 Å². The second-order valence-electron chi connectivity index (χ2n) is 7.01. The molecule has 0 radical (unpaired) electrons. The summed E-state index contributed by atoms with van der Waals surface area (Å²) in [6.45, 7) is 4.30. The number of aliphatic hydroxyl groups excluding tert-OH is 1. The van der Waals surface area contributed by atoms with Crippen LogP contribution in [0.5, 0.6) is 0 Å². The van der Waals surface area contributed by atoms with Crippen LogP contribution in [0.3, 0.4) is 0 Å². The van der Waals surface area contributed by atoms with Gasteiger partial charge in [-0.3, -0.25) is 4.90 Å². The van der Waals surface area contributed by atoms with Crippen LogP contribution in [-0.4, -0.2) is 60.3 Å². The van der Waals surface area contributed by atoms with E-state index in [1.54, 1.807) is 0 Å². The SMILES string of the molecule is O=C(NC(Cc1ccccc1)c1ccccc1)N1CCN(CCCO)CC1. The smallest absolute Gasteiger partial charge is 0.317 e. The fourth-order valence-electron chi connectivity index (χ4n) is 3.50. The second kappa shape index (κ2) is 10.1. The van der Waals surface area contributed by atoms with Crippen LogP contribution in [0.25, 0.3) is 0 Å². The molecule has 1 unspecified atom stereocenters. The van der Waals surface area contributed by atoms with Gasteiger partial charge in [-0.15, -0.1) is 0 Å². The highest BCUT2D eigenvalue weighted by molar-refractivity contribution is 5.75. The molecule has 0 saturated carbocycles. The van der Waals surface area contributed by atoms with Gasteiger partial charge in [0.2, 0.25) is 0 Å². The molecular weight excluding hydrogens is 338 g/mol. The standard InChI is InChI=1S/C22H29N3O2/c26-17-7-12-24-13-15-25(16-14-24)22(27)23-21(20-10-5-2-6-11-20)18-19-8-3-1-4-9-19/h1-6,8-11,21,26H,7,12-18H2,(H,23,27). The Labute approximate surface area is 161 Å². The Kier molecular flexibility index (Phi) is 7.25. The van der Waals surface area contributed by atoms with E-state index in [0.29, 0.717) is 0 Å². The highest BCUT2D eigenvalue weighted by Crippen LogP contribution is 2.19. The number of amides is 2. The molecule has 5 heteroatoms. The minimum Gasteiger partial charge on any atom is -0.396 e. The average Bonchev–Trinajstić information content (AvgIpc) is 2.73. The number of carbonyl (C=O) groups is 1. The van der Waals surface area contributed by atoms with Crippen molar-refractivity contribution < 1.29 is 9.90 Å². The predicted octanol–water partition coefficient (Wildman–Crippen LogP) is 2.68. The van der Waals surface area contributed by atoms with E-state index in [1.807, 2.05) is 41.3 Å². The number of nitrogens with zero attached hydrogens (tertiary/aromatic N) is 2. The normalized spacial score (nSPS) is 16.1. The molecule has 2 aromatic carbocycles. The Morgan fingerprint density at radius 2 is 1.59 bits per heavy atom. The van der Waals surface area contributed by atoms with E-state index in [0.717, 1.165) is 51.1 Å². The van der Waals surface area contributed by atoms with Gasteiger partial charge >= 0.3 is 6.03 Å². The van der Waals surface area contributed by atoms with Crippen molar-refractivity contribution in [2.24, 2.45) is 0 Å². The number of piperazine rings is 1. The molecule has 0 aliphatic carbocycles. The summed E-state index contributed by atoms with van der Waals surface area (Å²) in [6.07, 6.45) is 1.56. The van der Waals surface area contributed by atoms with Crippen LogP contribution in [-0.2, 0) is 6.42 Å². The van der Waals surface area contributed by atoms with Crippen molar-refractivity contribution >= 4 is 6.03 Å². The van der Waals surface area contributed by atoms with Crippen LogP contribution >= 0.6 is 0 Å². The molecule has 3 rings (SSSR count). The zero-order chi connectivity index (χ0) is 18.9. The van der Waals surface area contributed by atoms with E-state index < -0.39 is 0 Å². The summed E-state index contributed by atoms with van der Waals surface area (Å²) < 4.78 is 0. The van der Waals surface area contributed by atoms with E-state index in [2.05, 4.69) is 34.5 Å². The second-order valence-corrected chi connectivity index (χ2v) is 7.01. The largest absolute Gasteiger partial charge is 0.396 e. The van der Waals surface area contributed by atoms with Crippen LogP contribution < -0.4 is 5.32 Å². The molecule has 0 aromatic heterocycles. The molecular formula is C22H29N3O2. The third-order valence-corrected chi connectivity index (χ3v) is 5.07. The first-order chi connectivity index (χ1) is 13.3. The monoisotopic (exact) mass is 367 g/mol. The Balaban J connectivity index is 1.61. The molecule has 0 spiro atoms. The molecule has 2 N–H and O–H groups in total. The number of benzene rings is 2. The zero-order valence-electron chi connectivity index (χ0n) is 15.8. The quantitative estimate of drug-likeness (QED) is 0.791. The summed E-state index contributed by atoms with van der Waals surface area (Å²) in [5.41, 5.74) is 2.33. The van der Waals surface area contributed by atoms with Crippen molar-refractivity contribution in [2.75, 3.05) is 39.3 Å². The average molecular weight is 367 g/mol. The summed E-state index contributed by atoms with van der Waals surface area (Å²) >= 11 is 0. The van der Waals surface area contributed by atoms with Crippen LogP contribution in [0.2, 0.25) is 0 Å². The summed E-state index contributed by atoms with van der Waals surface area (Å²) in [4.78, 5) is 17.1. The molecule has 0 bridgehead atoms. The maximum Gasteiger partial charge on any atom is 0.317 e. The van der Waals surface area contributed by atoms with Crippen LogP contribution in [0.1, 0.15) is 23.6 Å². The lowest BCUT2D eigenvalue weighted by atomic mass is 9.99. The minimum absolute atomic E-state index is 0.00147. The molecule has 1 fully saturated rings. The highest BCUT2D eigenvalue weighted by atomic mass is 16.3. The molecule has 1 atom stereocenters. The van der Waals surface area contributed by atoms with Gasteiger partial charge in [0.05, 0.1) is 6.04 Å². The number of nitrogens with one attached hydrogen (secondary N) is 1. The third-order valence-electron chi connectivity index (χ3n) is 5.07. The van der Waals surface area contributed by atoms with E-state index >= 15 is 0 Å². The highest BCUT2D eigenvalue weighted by Gasteiger charge is 2.23. The van der Waals surface area contributed by atoms with Gasteiger partial charge in [0.15, 0.2) is 0 Å². The fraction of sp³-hybridized carbons (Fsp3) is 0.409. The van der Waals surface area contributed by atoms with Gasteiger partial charge in [-0.25, -0.2) is 4.79 Å². The maximum absolute atomic E-state index is 12.8. The fourth-order valence-corrected chi connectivity index (χ4v) is 3.50.